The molecule has 0 aromatic carbocycles. The third-order valence-corrected chi connectivity index (χ3v) is 2.59. The first kappa shape index (κ1) is 6.92. The average molecular weight is 150 g/mol. The van der Waals surface area contributed by atoms with Crippen LogP contribution in [-0.2, 0) is 7.05 Å². The molecule has 0 radical (unpaired) electrons. The first-order valence-corrected chi connectivity index (χ1v) is 4.14. The largest absolute Gasteiger partial charge is 0.354 e. The fraction of sp³-hybridized carbons (Fsp3) is 0.556. The van der Waals surface area contributed by atoms with Crippen LogP contribution in [0.2, 0.25) is 0 Å². The molecule has 1 aliphatic rings. The second-order valence-electron chi connectivity index (χ2n) is 3.38. The van der Waals surface area contributed by atoms with Crippen LogP contribution in [0.4, 0.5) is 0 Å². The molecule has 0 saturated heterocycles. The summed E-state index contributed by atoms with van der Waals surface area (Å²) in [5.41, 5.74) is 7.02. The summed E-state index contributed by atoms with van der Waals surface area (Å²) in [6.07, 6.45) is 3.38. The standard InChI is InChI=1S/C9H14N2/c1-11-4-2-3-9(11)8-5-7(8)6-10/h2-4,7-8H,5-6,10H2,1H3/t7-,8-/m0/s1. The molecule has 2 heteroatoms. The van der Waals surface area contributed by atoms with Crippen molar-refractivity contribution in [2.24, 2.45) is 18.7 Å². The van der Waals surface area contributed by atoms with Gasteiger partial charge in [0.05, 0.1) is 0 Å². The topological polar surface area (TPSA) is 30.9 Å². The fourth-order valence-corrected chi connectivity index (χ4v) is 1.73. The molecular formula is C9H14N2. The molecule has 0 bridgehead atoms. The lowest BCUT2D eigenvalue weighted by atomic mass is 10.2. The van der Waals surface area contributed by atoms with Gasteiger partial charge in [-0.05, 0) is 31.0 Å². The number of hydrogen-bond acceptors (Lipinski definition) is 1. The van der Waals surface area contributed by atoms with E-state index in [0.29, 0.717) is 0 Å². The van der Waals surface area contributed by atoms with Gasteiger partial charge >= 0.3 is 0 Å². The van der Waals surface area contributed by atoms with E-state index >= 15 is 0 Å². The molecule has 2 nitrogen and oxygen atoms in total. The van der Waals surface area contributed by atoms with Crippen molar-refractivity contribution in [3.8, 4) is 0 Å². The van der Waals surface area contributed by atoms with E-state index in [2.05, 4.69) is 29.9 Å². The Morgan fingerprint density at radius 2 is 2.55 bits per heavy atom. The zero-order chi connectivity index (χ0) is 7.84. The van der Waals surface area contributed by atoms with Gasteiger partial charge in [0, 0.05) is 24.9 Å². The van der Waals surface area contributed by atoms with Gasteiger partial charge in [-0.15, -0.1) is 0 Å². The number of aryl methyl sites for hydroxylation is 1. The van der Waals surface area contributed by atoms with Gasteiger partial charge < -0.3 is 10.3 Å². The van der Waals surface area contributed by atoms with Gasteiger partial charge in [0.2, 0.25) is 0 Å². The summed E-state index contributed by atoms with van der Waals surface area (Å²) in [5, 5.41) is 0. The molecule has 0 amide bonds. The lowest BCUT2D eigenvalue weighted by Crippen LogP contribution is -2.03. The van der Waals surface area contributed by atoms with Crippen molar-refractivity contribution >= 4 is 0 Å². The molecule has 1 aliphatic carbocycles. The second kappa shape index (κ2) is 2.38. The first-order chi connectivity index (χ1) is 5.33. The Hall–Kier alpha value is -0.760. The Morgan fingerprint density at radius 1 is 1.73 bits per heavy atom. The summed E-state index contributed by atoms with van der Waals surface area (Å²) in [7, 11) is 2.10. The van der Waals surface area contributed by atoms with Crippen LogP contribution in [0.25, 0.3) is 0 Å². The molecule has 2 atom stereocenters. The van der Waals surface area contributed by atoms with Crippen molar-refractivity contribution in [1.82, 2.24) is 4.57 Å². The Morgan fingerprint density at radius 3 is 3.00 bits per heavy atom. The number of hydrogen-bond donors (Lipinski definition) is 1. The normalized spacial score (nSPS) is 28.9. The molecule has 60 valence electrons. The molecule has 2 N–H and O–H groups in total. The van der Waals surface area contributed by atoms with E-state index < -0.39 is 0 Å². The predicted octanol–water partition coefficient (Wildman–Crippen LogP) is 1.09. The molecular weight excluding hydrogens is 136 g/mol. The third kappa shape index (κ3) is 1.07. The molecule has 0 spiro atoms. The molecule has 1 aromatic rings. The summed E-state index contributed by atoms with van der Waals surface area (Å²) in [6, 6.07) is 4.29. The summed E-state index contributed by atoms with van der Waals surface area (Å²) in [5.74, 6) is 1.50. The average Bonchev–Trinajstić information content (AvgIpc) is 2.68. The van der Waals surface area contributed by atoms with Gasteiger partial charge in [-0.1, -0.05) is 0 Å². The Labute approximate surface area is 67.0 Å². The van der Waals surface area contributed by atoms with E-state index in [1.807, 2.05) is 0 Å². The Bertz CT molecular complexity index is 252. The molecule has 1 heterocycles. The lowest BCUT2D eigenvalue weighted by molar-refractivity contribution is 0.757. The first-order valence-electron chi connectivity index (χ1n) is 4.14. The van der Waals surface area contributed by atoms with E-state index in [1.165, 1.54) is 12.1 Å². The van der Waals surface area contributed by atoms with Crippen molar-refractivity contribution in [3.05, 3.63) is 24.0 Å². The molecule has 2 rings (SSSR count). The molecule has 1 fully saturated rings. The van der Waals surface area contributed by atoms with Gasteiger partial charge in [-0.2, -0.15) is 0 Å². The zero-order valence-electron chi connectivity index (χ0n) is 6.83. The molecule has 11 heavy (non-hydrogen) atoms. The van der Waals surface area contributed by atoms with Crippen molar-refractivity contribution in [2.45, 2.75) is 12.3 Å². The van der Waals surface area contributed by atoms with Crippen LogP contribution < -0.4 is 5.73 Å². The maximum absolute atomic E-state index is 5.57. The highest BCUT2D eigenvalue weighted by atomic mass is 14.9. The number of nitrogens with zero attached hydrogens (tertiary/aromatic N) is 1. The summed E-state index contributed by atoms with van der Waals surface area (Å²) < 4.78 is 2.19. The minimum atomic E-state index is 0.750. The summed E-state index contributed by atoms with van der Waals surface area (Å²) >= 11 is 0. The SMILES string of the molecule is Cn1cccc1[C@H]1C[C@H]1CN. The monoisotopic (exact) mass is 150 g/mol. The number of rotatable bonds is 2. The quantitative estimate of drug-likeness (QED) is 0.672. The highest BCUT2D eigenvalue weighted by molar-refractivity contribution is 5.20. The van der Waals surface area contributed by atoms with Crippen molar-refractivity contribution in [2.75, 3.05) is 6.54 Å². The molecule has 1 saturated carbocycles. The van der Waals surface area contributed by atoms with E-state index in [0.717, 1.165) is 18.4 Å². The van der Waals surface area contributed by atoms with Crippen LogP contribution in [-0.4, -0.2) is 11.1 Å². The van der Waals surface area contributed by atoms with Crippen LogP contribution in [0.15, 0.2) is 18.3 Å². The van der Waals surface area contributed by atoms with Crippen molar-refractivity contribution in [1.29, 1.82) is 0 Å². The van der Waals surface area contributed by atoms with Crippen molar-refractivity contribution in [3.63, 3.8) is 0 Å². The zero-order valence-corrected chi connectivity index (χ0v) is 6.83. The molecule has 0 unspecified atom stereocenters. The van der Waals surface area contributed by atoms with Crippen LogP contribution in [0.3, 0.4) is 0 Å². The van der Waals surface area contributed by atoms with E-state index in [9.17, 15) is 0 Å². The van der Waals surface area contributed by atoms with Gasteiger partial charge in [0.15, 0.2) is 0 Å². The number of aromatic nitrogens is 1. The van der Waals surface area contributed by atoms with E-state index in [-0.39, 0.29) is 0 Å². The smallest absolute Gasteiger partial charge is 0.0206 e. The van der Waals surface area contributed by atoms with Crippen molar-refractivity contribution < 1.29 is 0 Å². The lowest BCUT2D eigenvalue weighted by Gasteiger charge is -2.00. The van der Waals surface area contributed by atoms with Crippen LogP contribution in [0.1, 0.15) is 18.0 Å². The molecule has 0 aliphatic heterocycles. The van der Waals surface area contributed by atoms with E-state index in [4.69, 9.17) is 5.73 Å². The van der Waals surface area contributed by atoms with Gasteiger partial charge in [-0.25, -0.2) is 0 Å². The molecule has 1 aromatic heterocycles. The van der Waals surface area contributed by atoms with E-state index in [1.54, 1.807) is 0 Å². The van der Waals surface area contributed by atoms with Crippen LogP contribution in [0.5, 0.6) is 0 Å². The minimum Gasteiger partial charge on any atom is -0.354 e. The number of nitrogens with two attached hydrogens (primary N) is 1. The highest BCUT2D eigenvalue weighted by Crippen LogP contribution is 2.46. The summed E-state index contributed by atoms with van der Waals surface area (Å²) in [6.45, 7) is 0.843. The maximum Gasteiger partial charge on any atom is 0.0206 e. The van der Waals surface area contributed by atoms with Crippen LogP contribution in [0, 0.1) is 5.92 Å². The Kier molecular flexibility index (Phi) is 1.50. The second-order valence-corrected chi connectivity index (χ2v) is 3.38. The maximum atomic E-state index is 5.57. The van der Waals surface area contributed by atoms with Crippen LogP contribution >= 0.6 is 0 Å². The van der Waals surface area contributed by atoms with Gasteiger partial charge in [0.1, 0.15) is 0 Å². The highest BCUT2D eigenvalue weighted by Gasteiger charge is 2.38. The fourth-order valence-electron chi connectivity index (χ4n) is 1.73. The van der Waals surface area contributed by atoms with Gasteiger partial charge in [0.25, 0.3) is 0 Å². The predicted molar refractivity (Wildman–Crippen MR) is 45.3 cm³/mol. The summed E-state index contributed by atoms with van der Waals surface area (Å²) in [4.78, 5) is 0. The van der Waals surface area contributed by atoms with Gasteiger partial charge in [-0.3, -0.25) is 0 Å². The Balaban J connectivity index is 2.14. The minimum absolute atomic E-state index is 0.750. The third-order valence-electron chi connectivity index (χ3n) is 2.59.